The van der Waals surface area contributed by atoms with Crippen molar-refractivity contribution in [3.63, 3.8) is 0 Å². The molecule has 0 aliphatic carbocycles. The first-order chi connectivity index (χ1) is 7.41. The third kappa shape index (κ3) is 2.24. The second-order valence-electron chi connectivity index (χ2n) is 5.00. The van der Waals surface area contributed by atoms with E-state index >= 15 is 0 Å². The van der Waals surface area contributed by atoms with Crippen LogP contribution in [0.3, 0.4) is 0 Å². The summed E-state index contributed by atoms with van der Waals surface area (Å²) in [5.74, 6) is 1.97. The lowest BCUT2D eigenvalue weighted by atomic mass is 9.90. The lowest BCUT2D eigenvalue weighted by Crippen LogP contribution is -2.41. The molecule has 86 valence electrons. The van der Waals surface area contributed by atoms with Crippen LogP contribution in [0.15, 0.2) is 23.5 Å². The fraction of sp³-hybridized carbons (Fsp3) is 0.500. The van der Waals surface area contributed by atoms with E-state index in [0.29, 0.717) is 0 Å². The van der Waals surface area contributed by atoms with Crippen LogP contribution in [-0.4, -0.2) is 18.3 Å². The molecule has 16 heavy (non-hydrogen) atoms. The fourth-order valence-electron chi connectivity index (χ4n) is 1.53. The van der Waals surface area contributed by atoms with Gasteiger partial charge in [-0.25, -0.2) is 0 Å². The molecule has 0 bridgehead atoms. The van der Waals surface area contributed by atoms with Crippen LogP contribution in [0, 0.1) is 0 Å². The van der Waals surface area contributed by atoms with Crippen LogP contribution < -0.4 is 0 Å². The molecule has 0 amide bonds. The van der Waals surface area contributed by atoms with Crippen molar-refractivity contribution in [2.75, 3.05) is 0 Å². The summed E-state index contributed by atoms with van der Waals surface area (Å²) < 4.78 is 11.7. The minimum atomic E-state index is -0.253. The van der Waals surface area contributed by atoms with Crippen LogP contribution in [0.4, 0.5) is 0 Å². The molecule has 2 nitrogen and oxygen atoms in total. The zero-order chi connectivity index (χ0) is 11.8. The number of thiophene rings is 1. The van der Waals surface area contributed by atoms with E-state index < -0.39 is 0 Å². The average Bonchev–Trinajstić information content (AvgIpc) is 2.70. The summed E-state index contributed by atoms with van der Waals surface area (Å²) in [4.78, 5) is 1.22. The predicted molar refractivity (Wildman–Crippen MR) is 69.4 cm³/mol. The van der Waals surface area contributed by atoms with Crippen LogP contribution in [0.25, 0.3) is 6.08 Å². The maximum absolute atomic E-state index is 5.86. The molecule has 0 saturated carbocycles. The van der Waals surface area contributed by atoms with Crippen LogP contribution in [0.5, 0.6) is 0 Å². The zero-order valence-corrected chi connectivity index (χ0v) is 11.0. The molecule has 2 heterocycles. The molecular formula is C12H17BO2S. The average molecular weight is 236 g/mol. The van der Waals surface area contributed by atoms with Crippen molar-refractivity contribution in [1.29, 1.82) is 0 Å². The maximum Gasteiger partial charge on any atom is 0.487 e. The smallest absolute Gasteiger partial charge is 0.400 e. The molecule has 0 aromatic carbocycles. The number of hydrogen-bond donors (Lipinski definition) is 0. The molecule has 0 atom stereocenters. The maximum atomic E-state index is 5.86. The van der Waals surface area contributed by atoms with E-state index in [1.54, 1.807) is 11.3 Å². The first-order valence-corrected chi connectivity index (χ1v) is 6.36. The molecule has 0 N–H and O–H groups in total. The molecule has 1 fully saturated rings. The topological polar surface area (TPSA) is 18.5 Å². The highest BCUT2D eigenvalue weighted by Crippen LogP contribution is 2.37. The number of rotatable bonds is 2. The van der Waals surface area contributed by atoms with Crippen LogP contribution >= 0.6 is 11.3 Å². The fourth-order valence-corrected chi connectivity index (χ4v) is 2.16. The van der Waals surface area contributed by atoms with Gasteiger partial charge in [0.1, 0.15) is 0 Å². The van der Waals surface area contributed by atoms with Gasteiger partial charge in [0.25, 0.3) is 0 Å². The second-order valence-corrected chi connectivity index (χ2v) is 5.98. The Bertz CT molecular complexity index is 366. The van der Waals surface area contributed by atoms with E-state index in [9.17, 15) is 0 Å². The van der Waals surface area contributed by atoms with Gasteiger partial charge in [-0.05, 0) is 39.1 Å². The van der Waals surface area contributed by atoms with Gasteiger partial charge in [-0.2, -0.15) is 0 Å². The largest absolute Gasteiger partial charge is 0.487 e. The highest BCUT2D eigenvalue weighted by atomic mass is 32.1. The van der Waals surface area contributed by atoms with Gasteiger partial charge < -0.3 is 9.31 Å². The minimum Gasteiger partial charge on any atom is -0.400 e. The van der Waals surface area contributed by atoms with Crippen LogP contribution in [0.2, 0.25) is 0 Å². The molecular weight excluding hydrogens is 219 g/mol. The Morgan fingerprint density at radius 1 is 1.19 bits per heavy atom. The van der Waals surface area contributed by atoms with Gasteiger partial charge in [-0.1, -0.05) is 18.1 Å². The van der Waals surface area contributed by atoms with E-state index in [2.05, 4.69) is 39.1 Å². The molecule has 0 unspecified atom stereocenters. The quantitative estimate of drug-likeness (QED) is 0.732. The summed E-state index contributed by atoms with van der Waals surface area (Å²) in [5.41, 5.74) is -0.505. The van der Waals surface area contributed by atoms with Crippen molar-refractivity contribution >= 4 is 24.5 Å². The monoisotopic (exact) mass is 236 g/mol. The van der Waals surface area contributed by atoms with E-state index in [0.717, 1.165) is 0 Å². The Kier molecular flexibility index (Phi) is 2.99. The van der Waals surface area contributed by atoms with E-state index in [-0.39, 0.29) is 18.3 Å². The highest BCUT2D eigenvalue weighted by Gasteiger charge is 2.49. The zero-order valence-electron chi connectivity index (χ0n) is 10.2. The van der Waals surface area contributed by atoms with Crippen LogP contribution in [0.1, 0.15) is 32.6 Å². The predicted octanol–water partition coefficient (Wildman–Crippen LogP) is 3.39. The molecule has 1 aliphatic heterocycles. The van der Waals surface area contributed by atoms with Crippen molar-refractivity contribution in [2.24, 2.45) is 0 Å². The Morgan fingerprint density at radius 2 is 1.81 bits per heavy atom. The van der Waals surface area contributed by atoms with Gasteiger partial charge in [-0.15, -0.1) is 11.3 Å². The third-order valence-electron chi connectivity index (χ3n) is 3.23. The first kappa shape index (κ1) is 11.9. The Hall–Kier alpha value is -0.575. The van der Waals surface area contributed by atoms with Gasteiger partial charge >= 0.3 is 7.12 Å². The number of hydrogen-bond acceptors (Lipinski definition) is 3. The van der Waals surface area contributed by atoms with E-state index in [1.807, 2.05) is 18.1 Å². The van der Waals surface area contributed by atoms with Crippen molar-refractivity contribution in [2.45, 2.75) is 38.9 Å². The Balaban J connectivity index is 2.05. The summed E-state index contributed by atoms with van der Waals surface area (Å²) >= 11 is 1.71. The summed E-state index contributed by atoms with van der Waals surface area (Å²) in [6.45, 7) is 8.25. The second kappa shape index (κ2) is 4.02. The molecule has 0 spiro atoms. The van der Waals surface area contributed by atoms with Gasteiger partial charge in [-0.3, -0.25) is 0 Å². The molecule has 1 aromatic heterocycles. The molecule has 1 aromatic rings. The molecule has 1 aliphatic rings. The third-order valence-corrected chi connectivity index (χ3v) is 4.07. The summed E-state index contributed by atoms with van der Waals surface area (Å²) in [5, 5.41) is 2.06. The van der Waals surface area contributed by atoms with Crippen molar-refractivity contribution in [3.8, 4) is 0 Å². The molecule has 2 rings (SSSR count). The van der Waals surface area contributed by atoms with Gasteiger partial charge in [0, 0.05) is 4.88 Å². The minimum absolute atomic E-state index is 0.243. The van der Waals surface area contributed by atoms with Crippen LogP contribution in [-0.2, 0) is 9.31 Å². The highest BCUT2D eigenvalue weighted by molar-refractivity contribution is 7.10. The van der Waals surface area contributed by atoms with E-state index in [1.165, 1.54) is 4.88 Å². The normalized spacial score (nSPS) is 23.1. The van der Waals surface area contributed by atoms with Crippen molar-refractivity contribution in [3.05, 3.63) is 28.4 Å². The SMILES string of the molecule is CC1(C)OB(C=Cc2cccs2)OC1(C)C. The van der Waals surface area contributed by atoms with E-state index in [4.69, 9.17) is 9.31 Å². The lowest BCUT2D eigenvalue weighted by molar-refractivity contribution is 0.00578. The summed E-state index contributed by atoms with van der Waals surface area (Å²) in [6.07, 6.45) is 2.05. The van der Waals surface area contributed by atoms with Gasteiger partial charge in [0.15, 0.2) is 0 Å². The standard InChI is InChI=1S/C12H17BO2S/c1-11(2)12(3,4)15-13(14-11)8-7-10-6-5-9-16-10/h5-9H,1-4H3. The Labute approximate surface area is 101 Å². The first-order valence-electron chi connectivity index (χ1n) is 5.48. The van der Waals surface area contributed by atoms with Crippen molar-refractivity contribution in [1.82, 2.24) is 0 Å². The summed E-state index contributed by atoms with van der Waals surface area (Å²) in [7, 11) is -0.243. The molecule has 4 heteroatoms. The lowest BCUT2D eigenvalue weighted by Gasteiger charge is -2.32. The Morgan fingerprint density at radius 3 is 2.31 bits per heavy atom. The summed E-state index contributed by atoms with van der Waals surface area (Å²) in [6, 6.07) is 4.11. The van der Waals surface area contributed by atoms with Crippen molar-refractivity contribution < 1.29 is 9.31 Å². The molecule has 1 saturated heterocycles. The molecule has 0 radical (unpaired) electrons. The van der Waals surface area contributed by atoms with Gasteiger partial charge in [0.05, 0.1) is 11.2 Å². The van der Waals surface area contributed by atoms with Gasteiger partial charge in [0.2, 0.25) is 0 Å².